The lowest BCUT2D eigenvalue weighted by molar-refractivity contribution is -0.133. The van der Waals surface area contributed by atoms with E-state index in [9.17, 15) is 4.79 Å². The van der Waals surface area contributed by atoms with E-state index >= 15 is 0 Å². The van der Waals surface area contributed by atoms with Gasteiger partial charge in [-0.2, -0.15) is 11.8 Å². The maximum absolute atomic E-state index is 13.0. The molecule has 0 saturated carbocycles. The molecule has 2 aromatic carbocycles. The monoisotopic (exact) mass is 610 g/mol. The largest absolute Gasteiger partial charge is 0.342 e. The average molecular weight is 613 g/mol. The molecule has 1 unspecified atom stereocenters. The molecule has 5 rings (SSSR count). The van der Waals surface area contributed by atoms with E-state index in [0.29, 0.717) is 24.3 Å². The van der Waals surface area contributed by atoms with Crippen molar-refractivity contribution in [2.45, 2.75) is 31.6 Å². The molecule has 0 radical (unpaired) electrons. The molecule has 1 aliphatic carbocycles. The van der Waals surface area contributed by atoms with Gasteiger partial charge in [0.2, 0.25) is 5.91 Å². The molecule has 3 aliphatic rings. The Morgan fingerprint density at radius 3 is 2.48 bits per heavy atom. The summed E-state index contributed by atoms with van der Waals surface area (Å²) >= 11 is 16.0. The number of hydrogen-bond acceptors (Lipinski definition) is 3. The van der Waals surface area contributed by atoms with Gasteiger partial charge in [-0.3, -0.25) is 9.69 Å². The summed E-state index contributed by atoms with van der Waals surface area (Å²) < 4.78 is 2.19. The molecule has 0 spiro atoms. The van der Waals surface area contributed by atoms with E-state index in [1.165, 1.54) is 22.3 Å². The minimum atomic E-state index is 0.306. The number of aryl methyl sites for hydroxylation is 1. The van der Waals surface area contributed by atoms with E-state index in [0.717, 1.165) is 77.3 Å². The Labute approximate surface area is 222 Å². The van der Waals surface area contributed by atoms with Gasteiger partial charge in [-0.05, 0) is 88.0 Å². The van der Waals surface area contributed by atoms with Crippen LogP contribution in [0.4, 0.5) is 0 Å². The lowest BCUT2D eigenvalue weighted by Gasteiger charge is -2.38. The van der Waals surface area contributed by atoms with Crippen molar-refractivity contribution in [2.75, 3.05) is 44.2 Å². The fourth-order valence-corrected chi connectivity index (χ4v) is 7.84. The zero-order valence-corrected chi connectivity index (χ0v) is 23.4. The van der Waals surface area contributed by atoms with Crippen molar-refractivity contribution in [1.29, 1.82) is 0 Å². The number of carbonyl (C=O) groups excluding carboxylic acids is 1. The quantitative estimate of drug-likeness (QED) is 0.402. The van der Waals surface area contributed by atoms with Crippen molar-refractivity contribution >= 4 is 61.1 Å². The molecule has 7 heteroatoms. The van der Waals surface area contributed by atoms with E-state index in [4.69, 9.17) is 11.6 Å². The number of halogens is 3. The Balaban J connectivity index is 1.38. The first-order chi connectivity index (χ1) is 16.0. The third-order valence-electron chi connectivity index (χ3n) is 7.48. The summed E-state index contributed by atoms with van der Waals surface area (Å²) in [6.45, 7) is 4.38. The Morgan fingerprint density at radius 1 is 1.00 bits per heavy atom. The molecule has 1 amide bonds. The molecule has 2 aromatic rings. The number of fused-ring (bicyclic) bond motifs is 2. The predicted molar refractivity (Wildman–Crippen MR) is 146 cm³/mol. The van der Waals surface area contributed by atoms with E-state index in [-0.39, 0.29) is 0 Å². The third-order valence-corrected chi connectivity index (χ3v) is 10.4. The Bertz CT molecular complexity index is 1040. The molecular weight excluding hydrogens is 584 g/mol. The lowest BCUT2D eigenvalue weighted by atomic mass is 9.74. The number of benzene rings is 2. The van der Waals surface area contributed by atoms with Crippen molar-refractivity contribution in [3.63, 3.8) is 0 Å². The SMILES string of the molecule is O=C(CN1CCSCC1)N1CCC(C2c3ccc(Br)cc3CCc3c2ccc(Cl)c3Br)CC1. The molecule has 0 aromatic heterocycles. The highest BCUT2D eigenvalue weighted by Gasteiger charge is 2.35. The van der Waals surface area contributed by atoms with Crippen molar-refractivity contribution < 1.29 is 4.79 Å². The first-order valence-corrected chi connectivity index (χ1v) is 15.0. The van der Waals surface area contributed by atoms with Gasteiger partial charge < -0.3 is 4.90 Å². The van der Waals surface area contributed by atoms with Gasteiger partial charge in [-0.25, -0.2) is 0 Å². The van der Waals surface area contributed by atoms with Gasteiger partial charge in [-0.1, -0.05) is 39.7 Å². The number of thioether (sulfide) groups is 1. The number of nitrogens with zero attached hydrogens (tertiary/aromatic N) is 2. The molecule has 3 nitrogen and oxygen atoms in total. The van der Waals surface area contributed by atoms with Crippen molar-refractivity contribution in [1.82, 2.24) is 9.80 Å². The minimum absolute atomic E-state index is 0.306. The van der Waals surface area contributed by atoms with E-state index < -0.39 is 0 Å². The van der Waals surface area contributed by atoms with Gasteiger partial charge in [-0.15, -0.1) is 0 Å². The van der Waals surface area contributed by atoms with Crippen LogP contribution in [0, 0.1) is 5.92 Å². The van der Waals surface area contributed by atoms with Crippen molar-refractivity contribution in [3.8, 4) is 0 Å². The third kappa shape index (κ3) is 5.20. The molecule has 33 heavy (non-hydrogen) atoms. The Kier molecular flexibility index (Phi) is 7.78. The Hall–Kier alpha value is -0.530. The molecule has 1 atom stereocenters. The zero-order chi connectivity index (χ0) is 22.9. The summed E-state index contributed by atoms with van der Waals surface area (Å²) in [4.78, 5) is 17.4. The van der Waals surface area contributed by atoms with Crippen LogP contribution in [0.15, 0.2) is 39.3 Å². The maximum atomic E-state index is 13.0. The molecule has 176 valence electrons. The molecule has 2 heterocycles. The van der Waals surface area contributed by atoms with Crippen LogP contribution >= 0.6 is 55.2 Å². The summed E-state index contributed by atoms with van der Waals surface area (Å²) in [5.41, 5.74) is 5.63. The number of piperidine rings is 1. The van der Waals surface area contributed by atoms with E-state index in [2.05, 4.69) is 65.9 Å². The van der Waals surface area contributed by atoms with Crippen molar-refractivity contribution in [2.24, 2.45) is 5.92 Å². The highest BCUT2D eigenvalue weighted by molar-refractivity contribution is 9.10. The lowest BCUT2D eigenvalue weighted by Crippen LogP contribution is -2.46. The summed E-state index contributed by atoms with van der Waals surface area (Å²) in [5.74, 6) is 3.46. The van der Waals surface area contributed by atoms with Crippen LogP contribution in [-0.4, -0.2) is 59.9 Å². The molecule has 0 bridgehead atoms. The topological polar surface area (TPSA) is 23.6 Å². The van der Waals surface area contributed by atoms with Crippen LogP contribution < -0.4 is 0 Å². The van der Waals surface area contributed by atoms with Crippen LogP contribution in [0.1, 0.15) is 41.0 Å². The average Bonchev–Trinajstić information content (AvgIpc) is 2.99. The first kappa shape index (κ1) is 24.2. The van der Waals surface area contributed by atoms with Crippen LogP contribution in [0.5, 0.6) is 0 Å². The second kappa shape index (κ2) is 10.6. The summed E-state index contributed by atoms with van der Waals surface area (Å²) in [6.07, 6.45) is 4.09. The number of rotatable bonds is 3. The van der Waals surface area contributed by atoms with E-state index in [1.54, 1.807) is 0 Å². The fourth-order valence-electron chi connectivity index (χ4n) is 5.72. The molecule has 2 fully saturated rings. The number of amides is 1. The summed E-state index contributed by atoms with van der Waals surface area (Å²) in [6, 6.07) is 11.1. The second-order valence-electron chi connectivity index (χ2n) is 9.36. The summed E-state index contributed by atoms with van der Waals surface area (Å²) in [7, 11) is 0. The minimum Gasteiger partial charge on any atom is -0.342 e. The van der Waals surface area contributed by atoms with Crippen LogP contribution in [0.3, 0.4) is 0 Å². The molecular formula is C26H29Br2ClN2OS. The van der Waals surface area contributed by atoms with Crippen LogP contribution in [0.25, 0.3) is 0 Å². The van der Waals surface area contributed by atoms with Gasteiger partial charge in [0.25, 0.3) is 0 Å². The fraction of sp³-hybridized carbons (Fsp3) is 0.500. The second-order valence-corrected chi connectivity index (χ2v) is 12.7. The highest BCUT2D eigenvalue weighted by atomic mass is 79.9. The van der Waals surface area contributed by atoms with Crippen LogP contribution in [-0.2, 0) is 17.6 Å². The molecule has 0 N–H and O–H groups in total. The molecule has 2 aliphatic heterocycles. The predicted octanol–water partition coefficient (Wildman–Crippen LogP) is 6.38. The standard InChI is InChI=1S/C26H29Br2ClN2OS/c27-19-2-4-20-18(15-19)1-3-22-21(5-6-23(29)26(22)28)25(20)17-7-9-31(10-8-17)24(32)16-30-11-13-33-14-12-30/h2,4-6,15,17,25H,1,3,7-14,16H2. The number of carbonyl (C=O) groups is 1. The van der Waals surface area contributed by atoms with Gasteiger partial charge in [0.05, 0.1) is 11.6 Å². The smallest absolute Gasteiger partial charge is 0.236 e. The van der Waals surface area contributed by atoms with Crippen molar-refractivity contribution in [3.05, 3.63) is 66.6 Å². The van der Waals surface area contributed by atoms with Crippen LogP contribution in [0.2, 0.25) is 5.02 Å². The maximum Gasteiger partial charge on any atom is 0.236 e. The summed E-state index contributed by atoms with van der Waals surface area (Å²) in [5, 5.41) is 0.788. The number of hydrogen-bond donors (Lipinski definition) is 0. The number of likely N-dealkylation sites (tertiary alicyclic amines) is 1. The first-order valence-electron chi connectivity index (χ1n) is 11.8. The normalized spacial score (nSPS) is 21.9. The zero-order valence-electron chi connectivity index (χ0n) is 18.7. The van der Waals surface area contributed by atoms with Gasteiger partial charge >= 0.3 is 0 Å². The Morgan fingerprint density at radius 2 is 1.73 bits per heavy atom. The highest BCUT2D eigenvalue weighted by Crippen LogP contribution is 2.46. The molecule has 2 saturated heterocycles. The van der Waals surface area contributed by atoms with Gasteiger partial charge in [0.1, 0.15) is 0 Å². The van der Waals surface area contributed by atoms with Gasteiger partial charge in [0.15, 0.2) is 0 Å². The van der Waals surface area contributed by atoms with Gasteiger partial charge in [0, 0.05) is 52.5 Å². The van der Waals surface area contributed by atoms with E-state index in [1.807, 2.05) is 17.8 Å².